The second kappa shape index (κ2) is 9.64. The predicted octanol–water partition coefficient (Wildman–Crippen LogP) is 5.73. The van der Waals surface area contributed by atoms with Crippen molar-refractivity contribution in [3.05, 3.63) is 77.3 Å². The Morgan fingerprint density at radius 2 is 1.94 bits per heavy atom. The number of nitriles is 1. The minimum Gasteiger partial charge on any atom is -0.495 e. The fourth-order valence-corrected chi connectivity index (χ4v) is 4.44. The van der Waals surface area contributed by atoms with Gasteiger partial charge in [-0.2, -0.15) is 5.26 Å². The molecule has 2 aromatic heterocycles. The fourth-order valence-electron chi connectivity index (χ4n) is 3.18. The number of thiazole rings is 1. The number of amides is 1. The molecule has 2 heterocycles. The Balaban J connectivity index is 1.58. The molecule has 1 N–H and O–H groups in total. The maximum absolute atomic E-state index is 12.7. The molecule has 0 fully saturated rings. The van der Waals surface area contributed by atoms with Crippen LogP contribution in [-0.4, -0.2) is 29.2 Å². The molecule has 0 saturated carbocycles. The van der Waals surface area contributed by atoms with Gasteiger partial charge in [-0.25, -0.2) is 9.97 Å². The van der Waals surface area contributed by atoms with Crippen molar-refractivity contribution < 1.29 is 9.53 Å². The number of carbonyl (C=O) groups excluding carboxylic acids is 1. The van der Waals surface area contributed by atoms with Crippen molar-refractivity contribution in [3.8, 4) is 34.2 Å². The Hall–Kier alpha value is -3.67. The lowest BCUT2D eigenvalue weighted by Crippen LogP contribution is -2.13. The summed E-state index contributed by atoms with van der Waals surface area (Å²) in [5.41, 5.74) is 4.62. The van der Waals surface area contributed by atoms with Crippen molar-refractivity contribution in [2.45, 2.75) is 5.03 Å². The smallest absolute Gasteiger partial charge is 0.260 e. The van der Waals surface area contributed by atoms with E-state index in [0.717, 1.165) is 22.4 Å². The normalized spacial score (nSPS) is 10.4. The number of benzene rings is 2. The van der Waals surface area contributed by atoms with Crippen LogP contribution in [0.15, 0.2) is 71.2 Å². The molecule has 0 aliphatic rings. The van der Waals surface area contributed by atoms with Crippen LogP contribution < -0.4 is 10.1 Å². The number of pyridine rings is 1. The van der Waals surface area contributed by atoms with Gasteiger partial charge in [-0.3, -0.25) is 10.1 Å². The Morgan fingerprint density at radius 1 is 1.12 bits per heavy atom. The molecular weight excluding hydrogens is 440 g/mol. The van der Waals surface area contributed by atoms with Crippen LogP contribution in [-0.2, 0) is 0 Å². The van der Waals surface area contributed by atoms with Gasteiger partial charge in [-0.15, -0.1) is 23.1 Å². The standard InChI is InChI=1S/C24H18N4O2S2/c1-30-21-12-16(8-9-18(21)13-25)15-5-3-6-17(11-15)20-14-32-24(27-20)28-22(29)19-7-4-10-26-23(19)31-2/h3-12,14H,1-2H3,(H,27,28,29). The molecule has 4 aromatic rings. The number of aromatic nitrogens is 2. The van der Waals surface area contributed by atoms with E-state index < -0.39 is 0 Å². The van der Waals surface area contributed by atoms with Gasteiger partial charge in [0, 0.05) is 17.1 Å². The number of anilines is 1. The number of carbonyl (C=O) groups is 1. The summed E-state index contributed by atoms with van der Waals surface area (Å²) >= 11 is 2.79. The molecule has 6 nitrogen and oxygen atoms in total. The van der Waals surface area contributed by atoms with E-state index >= 15 is 0 Å². The van der Waals surface area contributed by atoms with Crippen LogP contribution >= 0.6 is 23.1 Å². The summed E-state index contributed by atoms with van der Waals surface area (Å²) < 4.78 is 5.33. The van der Waals surface area contributed by atoms with Gasteiger partial charge in [0.1, 0.15) is 16.8 Å². The third kappa shape index (κ3) is 4.49. The van der Waals surface area contributed by atoms with Crippen LogP contribution in [0.1, 0.15) is 15.9 Å². The maximum atomic E-state index is 12.7. The summed E-state index contributed by atoms with van der Waals surface area (Å²) in [5, 5.41) is 15.2. The van der Waals surface area contributed by atoms with Crippen LogP contribution in [0.5, 0.6) is 5.75 Å². The van der Waals surface area contributed by atoms with E-state index in [-0.39, 0.29) is 5.91 Å². The van der Waals surface area contributed by atoms with Crippen LogP contribution in [0.25, 0.3) is 22.4 Å². The van der Waals surface area contributed by atoms with Gasteiger partial charge in [0.2, 0.25) is 0 Å². The third-order valence-electron chi connectivity index (χ3n) is 4.75. The van der Waals surface area contributed by atoms with Crippen molar-refractivity contribution in [2.24, 2.45) is 0 Å². The van der Waals surface area contributed by atoms with E-state index in [1.807, 2.05) is 48.0 Å². The number of thioether (sulfide) groups is 1. The zero-order chi connectivity index (χ0) is 22.5. The monoisotopic (exact) mass is 458 g/mol. The summed E-state index contributed by atoms with van der Waals surface area (Å²) in [6, 6.07) is 19.0. The largest absolute Gasteiger partial charge is 0.495 e. The number of rotatable bonds is 6. The van der Waals surface area contributed by atoms with Gasteiger partial charge in [0.25, 0.3) is 5.91 Å². The second-order valence-corrected chi connectivity index (χ2v) is 8.31. The van der Waals surface area contributed by atoms with Crippen LogP contribution in [0.3, 0.4) is 0 Å². The number of methoxy groups -OCH3 is 1. The molecule has 0 unspecified atom stereocenters. The Bertz CT molecular complexity index is 1330. The van der Waals surface area contributed by atoms with Gasteiger partial charge in [-0.1, -0.05) is 24.3 Å². The van der Waals surface area contributed by atoms with Crippen molar-refractivity contribution in [1.29, 1.82) is 5.26 Å². The maximum Gasteiger partial charge on any atom is 0.260 e. The van der Waals surface area contributed by atoms with Crippen LogP contribution in [0.4, 0.5) is 5.13 Å². The molecule has 2 aromatic carbocycles. The van der Waals surface area contributed by atoms with E-state index in [1.165, 1.54) is 23.1 Å². The number of hydrogen-bond acceptors (Lipinski definition) is 7. The number of nitrogens with one attached hydrogen (secondary N) is 1. The van der Waals surface area contributed by atoms with Crippen molar-refractivity contribution in [3.63, 3.8) is 0 Å². The Labute approximate surface area is 193 Å². The van der Waals surface area contributed by atoms with E-state index in [4.69, 9.17) is 4.74 Å². The molecule has 0 aliphatic heterocycles. The summed E-state index contributed by atoms with van der Waals surface area (Å²) in [5.74, 6) is 0.302. The molecule has 32 heavy (non-hydrogen) atoms. The van der Waals surface area contributed by atoms with E-state index in [0.29, 0.717) is 27.0 Å². The van der Waals surface area contributed by atoms with Gasteiger partial charge < -0.3 is 4.74 Å². The summed E-state index contributed by atoms with van der Waals surface area (Å²) in [7, 11) is 1.55. The average Bonchev–Trinajstić information content (AvgIpc) is 3.32. The predicted molar refractivity (Wildman–Crippen MR) is 128 cm³/mol. The van der Waals surface area contributed by atoms with E-state index in [9.17, 15) is 10.1 Å². The number of hydrogen-bond donors (Lipinski definition) is 1. The second-order valence-electron chi connectivity index (χ2n) is 6.66. The summed E-state index contributed by atoms with van der Waals surface area (Å²) in [4.78, 5) is 21.5. The van der Waals surface area contributed by atoms with Gasteiger partial charge in [0.05, 0.1) is 23.9 Å². The molecule has 0 radical (unpaired) electrons. The highest BCUT2D eigenvalue weighted by Crippen LogP contribution is 2.31. The topological polar surface area (TPSA) is 87.9 Å². The van der Waals surface area contributed by atoms with Crippen molar-refractivity contribution in [2.75, 3.05) is 18.7 Å². The highest BCUT2D eigenvalue weighted by atomic mass is 32.2. The van der Waals surface area contributed by atoms with Crippen molar-refractivity contribution in [1.82, 2.24) is 9.97 Å². The van der Waals surface area contributed by atoms with E-state index in [2.05, 4.69) is 21.4 Å². The average molecular weight is 459 g/mol. The molecule has 4 rings (SSSR count). The lowest BCUT2D eigenvalue weighted by molar-refractivity contribution is 0.102. The van der Waals surface area contributed by atoms with Crippen molar-refractivity contribution >= 4 is 34.1 Å². The minimum atomic E-state index is -0.234. The number of ether oxygens (including phenoxy) is 1. The quantitative estimate of drug-likeness (QED) is 0.372. The summed E-state index contributed by atoms with van der Waals surface area (Å²) in [6.45, 7) is 0. The first kappa shape index (κ1) is 21.6. The highest BCUT2D eigenvalue weighted by molar-refractivity contribution is 7.98. The van der Waals surface area contributed by atoms with Gasteiger partial charge in [0.15, 0.2) is 5.13 Å². The van der Waals surface area contributed by atoms with E-state index in [1.54, 1.807) is 31.5 Å². The Kier molecular flexibility index (Phi) is 6.50. The van der Waals surface area contributed by atoms with Gasteiger partial charge in [-0.05, 0) is 47.7 Å². The lowest BCUT2D eigenvalue weighted by Gasteiger charge is -2.08. The zero-order valence-electron chi connectivity index (χ0n) is 17.3. The van der Waals surface area contributed by atoms with Crippen LogP contribution in [0.2, 0.25) is 0 Å². The lowest BCUT2D eigenvalue weighted by atomic mass is 10.0. The highest BCUT2D eigenvalue weighted by Gasteiger charge is 2.14. The Morgan fingerprint density at radius 3 is 2.72 bits per heavy atom. The third-order valence-corrected chi connectivity index (χ3v) is 6.22. The summed E-state index contributed by atoms with van der Waals surface area (Å²) in [6.07, 6.45) is 3.55. The molecule has 1 amide bonds. The SMILES string of the molecule is COc1cc(-c2cccc(-c3csc(NC(=O)c4cccnc4SC)n3)c2)ccc1C#N. The first-order valence-electron chi connectivity index (χ1n) is 9.57. The molecule has 158 valence electrons. The van der Waals surface area contributed by atoms with Crippen LogP contribution in [0, 0.1) is 11.3 Å². The molecule has 0 atom stereocenters. The minimum absolute atomic E-state index is 0.234. The first-order chi connectivity index (χ1) is 15.6. The molecule has 0 spiro atoms. The first-order valence-corrected chi connectivity index (χ1v) is 11.7. The number of nitrogens with zero attached hydrogens (tertiary/aromatic N) is 3. The molecular formula is C24H18N4O2S2. The molecule has 0 bridgehead atoms. The molecule has 8 heteroatoms. The van der Waals surface area contributed by atoms with Gasteiger partial charge >= 0.3 is 0 Å². The molecule has 0 aliphatic carbocycles. The molecule has 0 saturated heterocycles. The zero-order valence-corrected chi connectivity index (χ0v) is 19.0. The fraction of sp³-hybridized carbons (Fsp3) is 0.0833.